The van der Waals surface area contributed by atoms with Gasteiger partial charge in [-0.2, -0.15) is 9.57 Å². The molecule has 3 aliphatic rings. The molecule has 2 amide bonds. The topological polar surface area (TPSA) is 97.6 Å². The normalized spacial score (nSPS) is 23.8. The predicted molar refractivity (Wildman–Crippen MR) is 103 cm³/mol. The molecule has 0 N–H and O–H groups in total. The number of nitriles is 1. The van der Waals surface area contributed by atoms with Crippen molar-refractivity contribution in [1.82, 2.24) is 14.2 Å². The van der Waals surface area contributed by atoms with Gasteiger partial charge in [-0.15, -0.1) is 0 Å². The highest BCUT2D eigenvalue weighted by molar-refractivity contribution is 7.90. The highest BCUT2D eigenvalue weighted by Gasteiger charge is 2.50. The lowest BCUT2D eigenvalue weighted by Crippen LogP contribution is -2.62. The molecule has 0 spiro atoms. The van der Waals surface area contributed by atoms with Gasteiger partial charge in [0.25, 0.3) is 0 Å². The lowest BCUT2D eigenvalue weighted by molar-refractivity contribution is 0.124. The van der Waals surface area contributed by atoms with Crippen molar-refractivity contribution in [1.29, 1.82) is 5.26 Å². The standard InChI is InChI=1S/C19H19N5O3S/c20-7-14-12-23(15-10-22(11-15)28(26,27)16-5-6-16)19(25)24(14)18-9-21-8-13-3-1-2-4-17(13)18/h1-4,8-9,14-16H,5-6,10-12H2. The summed E-state index contributed by atoms with van der Waals surface area (Å²) in [5.74, 6) is 0. The molecule has 2 saturated heterocycles. The van der Waals surface area contributed by atoms with E-state index in [9.17, 15) is 18.5 Å². The van der Waals surface area contributed by atoms with Gasteiger partial charge in [-0.25, -0.2) is 13.2 Å². The van der Waals surface area contributed by atoms with E-state index < -0.39 is 16.1 Å². The van der Waals surface area contributed by atoms with Crippen molar-refractivity contribution < 1.29 is 13.2 Å². The molecule has 1 aliphatic carbocycles. The summed E-state index contributed by atoms with van der Waals surface area (Å²) in [4.78, 5) is 20.5. The van der Waals surface area contributed by atoms with Gasteiger partial charge in [0, 0.05) is 30.1 Å². The molecule has 9 heteroatoms. The molecule has 1 atom stereocenters. The number of carbonyl (C=O) groups excluding carboxylic acids is 1. The fourth-order valence-corrected chi connectivity index (χ4v) is 5.90. The number of sulfonamides is 1. The molecule has 3 fully saturated rings. The first-order valence-electron chi connectivity index (χ1n) is 9.32. The average molecular weight is 397 g/mol. The number of anilines is 1. The zero-order chi connectivity index (χ0) is 19.5. The summed E-state index contributed by atoms with van der Waals surface area (Å²) in [6.45, 7) is 0.884. The maximum atomic E-state index is 13.2. The number of hydrogen-bond acceptors (Lipinski definition) is 5. The fraction of sp³-hybridized carbons (Fsp3) is 0.421. The number of benzene rings is 1. The largest absolute Gasteiger partial charge is 0.326 e. The summed E-state index contributed by atoms with van der Waals surface area (Å²) in [7, 11) is -3.22. The second-order valence-electron chi connectivity index (χ2n) is 7.54. The van der Waals surface area contributed by atoms with E-state index >= 15 is 0 Å². The van der Waals surface area contributed by atoms with E-state index in [2.05, 4.69) is 11.1 Å². The lowest BCUT2D eigenvalue weighted by atomic mass is 10.1. The van der Waals surface area contributed by atoms with Gasteiger partial charge in [0.15, 0.2) is 0 Å². The third kappa shape index (κ3) is 2.56. The fourth-order valence-electron chi connectivity index (χ4n) is 3.98. The molecule has 5 rings (SSSR count). The number of fused-ring (bicyclic) bond motifs is 1. The Balaban J connectivity index is 1.41. The molecule has 3 heterocycles. The summed E-state index contributed by atoms with van der Waals surface area (Å²) in [6.07, 6.45) is 4.79. The average Bonchev–Trinajstić information content (AvgIpc) is 3.46. The lowest BCUT2D eigenvalue weighted by Gasteiger charge is -2.42. The van der Waals surface area contributed by atoms with Crippen molar-refractivity contribution in [3.05, 3.63) is 36.7 Å². The van der Waals surface area contributed by atoms with Gasteiger partial charge in [-0.3, -0.25) is 9.88 Å². The van der Waals surface area contributed by atoms with Gasteiger partial charge >= 0.3 is 6.03 Å². The quantitative estimate of drug-likeness (QED) is 0.780. The molecule has 2 aliphatic heterocycles. The summed E-state index contributed by atoms with van der Waals surface area (Å²) in [6, 6.07) is 8.74. The Morgan fingerprint density at radius 1 is 1.11 bits per heavy atom. The van der Waals surface area contributed by atoms with Crippen LogP contribution < -0.4 is 4.90 Å². The van der Waals surface area contributed by atoms with Crippen molar-refractivity contribution in [2.24, 2.45) is 0 Å². The number of nitrogens with zero attached hydrogens (tertiary/aromatic N) is 5. The molecule has 8 nitrogen and oxygen atoms in total. The van der Waals surface area contributed by atoms with Gasteiger partial charge in [0.1, 0.15) is 6.04 Å². The molecule has 0 radical (unpaired) electrons. The number of aromatic nitrogens is 1. The van der Waals surface area contributed by atoms with Crippen LogP contribution in [0.3, 0.4) is 0 Å². The van der Waals surface area contributed by atoms with Crippen LogP contribution in [0.4, 0.5) is 10.5 Å². The monoisotopic (exact) mass is 397 g/mol. The van der Waals surface area contributed by atoms with Crippen LogP contribution in [0.25, 0.3) is 10.8 Å². The Morgan fingerprint density at radius 3 is 2.57 bits per heavy atom. The minimum absolute atomic E-state index is 0.190. The molecule has 1 saturated carbocycles. The number of pyridine rings is 1. The van der Waals surface area contributed by atoms with Gasteiger partial charge in [0.2, 0.25) is 10.0 Å². The number of carbonyl (C=O) groups is 1. The van der Waals surface area contributed by atoms with Crippen molar-refractivity contribution in [2.45, 2.75) is 30.2 Å². The third-order valence-electron chi connectivity index (χ3n) is 5.76. The van der Waals surface area contributed by atoms with Crippen LogP contribution in [0.5, 0.6) is 0 Å². The minimum Gasteiger partial charge on any atom is -0.315 e. The Hall–Kier alpha value is -2.70. The van der Waals surface area contributed by atoms with Crippen LogP contribution in [0, 0.1) is 11.3 Å². The first-order valence-corrected chi connectivity index (χ1v) is 10.8. The van der Waals surface area contributed by atoms with Crippen LogP contribution in [0.15, 0.2) is 36.7 Å². The smallest absolute Gasteiger partial charge is 0.315 e. The number of hydrogen-bond donors (Lipinski definition) is 0. The van der Waals surface area contributed by atoms with Crippen molar-refractivity contribution in [3.8, 4) is 6.07 Å². The Bertz CT molecular complexity index is 1100. The van der Waals surface area contributed by atoms with Gasteiger partial charge in [0.05, 0.1) is 35.8 Å². The molecule has 28 heavy (non-hydrogen) atoms. The van der Waals surface area contributed by atoms with E-state index in [-0.39, 0.29) is 23.9 Å². The van der Waals surface area contributed by atoms with Crippen molar-refractivity contribution in [3.63, 3.8) is 0 Å². The number of urea groups is 1. The van der Waals surface area contributed by atoms with E-state index in [1.165, 1.54) is 9.21 Å². The van der Waals surface area contributed by atoms with Crippen LogP contribution >= 0.6 is 0 Å². The van der Waals surface area contributed by atoms with Crippen molar-refractivity contribution in [2.75, 3.05) is 24.5 Å². The summed E-state index contributed by atoms with van der Waals surface area (Å²) in [5.41, 5.74) is 0.610. The van der Waals surface area contributed by atoms with E-state index in [4.69, 9.17) is 0 Å². The SMILES string of the molecule is N#CC1CN(C2CN(S(=O)(=O)C3CC3)C2)C(=O)N1c1cncc2ccccc12. The van der Waals surface area contributed by atoms with E-state index in [0.29, 0.717) is 18.8 Å². The van der Waals surface area contributed by atoms with Gasteiger partial charge in [-0.1, -0.05) is 24.3 Å². The van der Waals surface area contributed by atoms with Crippen LogP contribution in [0.1, 0.15) is 12.8 Å². The Morgan fingerprint density at radius 2 is 1.86 bits per heavy atom. The van der Waals surface area contributed by atoms with Gasteiger partial charge in [-0.05, 0) is 12.8 Å². The molecule has 1 aromatic carbocycles. The number of rotatable bonds is 4. The second kappa shape index (κ2) is 6.15. The Labute approximate surface area is 163 Å². The van der Waals surface area contributed by atoms with Crippen molar-refractivity contribution >= 4 is 32.5 Å². The first-order chi connectivity index (χ1) is 13.5. The molecule has 2 aromatic rings. The summed E-state index contributed by atoms with van der Waals surface area (Å²) < 4.78 is 26.1. The highest BCUT2D eigenvalue weighted by Crippen LogP contribution is 2.36. The van der Waals surface area contributed by atoms with Crippen LogP contribution in [-0.2, 0) is 10.0 Å². The second-order valence-corrected chi connectivity index (χ2v) is 9.76. The molecule has 1 aromatic heterocycles. The van der Waals surface area contributed by atoms with E-state index in [0.717, 1.165) is 23.6 Å². The molecular weight excluding hydrogens is 378 g/mol. The Kier molecular flexibility index (Phi) is 3.82. The van der Waals surface area contributed by atoms with E-state index in [1.807, 2.05) is 24.3 Å². The molecular formula is C19H19N5O3S. The predicted octanol–water partition coefficient (Wildman–Crippen LogP) is 1.55. The number of amides is 2. The minimum atomic E-state index is -3.22. The third-order valence-corrected chi connectivity index (χ3v) is 8.10. The zero-order valence-electron chi connectivity index (χ0n) is 15.1. The maximum absolute atomic E-state index is 13.2. The summed E-state index contributed by atoms with van der Waals surface area (Å²) >= 11 is 0. The zero-order valence-corrected chi connectivity index (χ0v) is 15.9. The first kappa shape index (κ1) is 17.4. The maximum Gasteiger partial charge on any atom is 0.326 e. The molecule has 0 bridgehead atoms. The van der Waals surface area contributed by atoms with Crippen LogP contribution in [0.2, 0.25) is 0 Å². The highest BCUT2D eigenvalue weighted by atomic mass is 32.2. The summed E-state index contributed by atoms with van der Waals surface area (Å²) in [5, 5.41) is 11.2. The van der Waals surface area contributed by atoms with Gasteiger partial charge < -0.3 is 4.90 Å². The van der Waals surface area contributed by atoms with Crippen LogP contribution in [-0.4, -0.2) is 65.6 Å². The van der Waals surface area contributed by atoms with E-state index in [1.54, 1.807) is 17.3 Å². The molecule has 144 valence electrons. The molecule has 1 unspecified atom stereocenters.